The van der Waals surface area contributed by atoms with E-state index in [1.165, 1.54) is 56.2 Å². The molecule has 0 spiro atoms. The van der Waals surface area contributed by atoms with Gasteiger partial charge in [-0.2, -0.15) is 0 Å². The van der Waals surface area contributed by atoms with Crippen LogP contribution in [0, 0.1) is 0 Å². The second-order valence-corrected chi connectivity index (χ2v) is 5.76. The van der Waals surface area contributed by atoms with Crippen molar-refractivity contribution in [2.24, 2.45) is 0 Å². The molecule has 0 aliphatic heterocycles. The van der Waals surface area contributed by atoms with E-state index in [9.17, 15) is 0 Å². The Morgan fingerprint density at radius 2 is 2.26 bits per heavy atom. The molecule has 2 heteroatoms. The quantitative estimate of drug-likeness (QED) is 0.799. The average Bonchev–Trinajstić information content (AvgIpc) is 2.45. The van der Waals surface area contributed by atoms with E-state index in [-0.39, 0.29) is 0 Å². The van der Waals surface area contributed by atoms with Crippen molar-refractivity contribution in [1.29, 1.82) is 0 Å². The average molecular weight is 260 g/mol. The smallest absolute Gasteiger partial charge is 0.0466 e. The molecule has 2 rings (SSSR count). The Hall–Kier alpha value is -0.890. The maximum Gasteiger partial charge on any atom is 0.0466 e. The number of aromatic nitrogens is 1. The molecule has 0 amide bonds. The van der Waals surface area contributed by atoms with Gasteiger partial charge < -0.3 is 5.32 Å². The SMILES string of the molecule is CCCC(CCC1CCCc2cccnc21)NCC. The molecule has 2 unspecified atom stereocenters. The third kappa shape index (κ3) is 4.04. The van der Waals surface area contributed by atoms with E-state index in [2.05, 4.69) is 36.3 Å². The molecule has 1 N–H and O–H groups in total. The van der Waals surface area contributed by atoms with Gasteiger partial charge in [0.15, 0.2) is 0 Å². The fourth-order valence-corrected chi connectivity index (χ4v) is 3.37. The topological polar surface area (TPSA) is 24.9 Å². The van der Waals surface area contributed by atoms with Crippen molar-refractivity contribution in [2.75, 3.05) is 6.54 Å². The lowest BCUT2D eigenvalue weighted by atomic mass is 9.83. The molecule has 0 saturated carbocycles. The molecule has 0 fully saturated rings. The summed E-state index contributed by atoms with van der Waals surface area (Å²) in [4.78, 5) is 4.65. The molecule has 0 bridgehead atoms. The van der Waals surface area contributed by atoms with E-state index in [1.807, 2.05) is 6.20 Å². The minimum Gasteiger partial charge on any atom is -0.314 e. The van der Waals surface area contributed by atoms with Gasteiger partial charge in [-0.15, -0.1) is 0 Å². The number of nitrogens with one attached hydrogen (secondary N) is 1. The van der Waals surface area contributed by atoms with Gasteiger partial charge in [0, 0.05) is 23.9 Å². The van der Waals surface area contributed by atoms with Crippen LogP contribution >= 0.6 is 0 Å². The highest BCUT2D eigenvalue weighted by Crippen LogP contribution is 2.33. The van der Waals surface area contributed by atoms with Crippen LogP contribution in [0.15, 0.2) is 18.3 Å². The highest BCUT2D eigenvalue weighted by molar-refractivity contribution is 5.25. The summed E-state index contributed by atoms with van der Waals surface area (Å²) in [7, 11) is 0. The Morgan fingerprint density at radius 3 is 3.05 bits per heavy atom. The fraction of sp³-hybridized carbons (Fsp3) is 0.706. The van der Waals surface area contributed by atoms with E-state index < -0.39 is 0 Å². The minimum atomic E-state index is 0.697. The standard InChI is InChI=1S/C17H28N2/c1-3-7-16(18-4-2)12-11-15-9-5-8-14-10-6-13-19-17(14)15/h6,10,13,15-16,18H,3-5,7-9,11-12H2,1-2H3. The zero-order valence-electron chi connectivity index (χ0n) is 12.5. The van der Waals surface area contributed by atoms with Crippen LogP contribution < -0.4 is 5.32 Å². The zero-order chi connectivity index (χ0) is 13.5. The third-order valence-corrected chi connectivity index (χ3v) is 4.31. The Kier molecular flexibility index (Phi) is 5.84. The lowest BCUT2D eigenvalue weighted by Crippen LogP contribution is -2.29. The van der Waals surface area contributed by atoms with Crippen molar-refractivity contribution in [3.05, 3.63) is 29.6 Å². The van der Waals surface area contributed by atoms with Gasteiger partial charge in [-0.25, -0.2) is 0 Å². The Morgan fingerprint density at radius 1 is 1.37 bits per heavy atom. The predicted octanol–water partition coefficient (Wildman–Crippen LogP) is 4.06. The molecule has 106 valence electrons. The second kappa shape index (κ2) is 7.64. The van der Waals surface area contributed by atoms with Crippen LogP contribution in [0.5, 0.6) is 0 Å². The van der Waals surface area contributed by atoms with Crippen LogP contribution in [-0.4, -0.2) is 17.6 Å². The van der Waals surface area contributed by atoms with Crippen molar-refractivity contribution in [3.8, 4) is 0 Å². The predicted molar refractivity (Wildman–Crippen MR) is 81.5 cm³/mol. The van der Waals surface area contributed by atoms with E-state index in [0.29, 0.717) is 12.0 Å². The summed E-state index contributed by atoms with van der Waals surface area (Å²) in [6, 6.07) is 5.05. The first-order valence-electron chi connectivity index (χ1n) is 8.02. The zero-order valence-corrected chi connectivity index (χ0v) is 12.5. The van der Waals surface area contributed by atoms with Crippen LogP contribution in [0.4, 0.5) is 0 Å². The molecule has 1 aromatic heterocycles. The fourth-order valence-electron chi connectivity index (χ4n) is 3.37. The summed E-state index contributed by atoms with van der Waals surface area (Å²) in [6.07, 6.45) is 11.0. The maximum absolute atomic E-state index is 4.65. The summed E-state index contributed by atoms with van der Waals surface area (Å²) < 4.78 is 0. The van der Waals surface area contributed by atoms with Gasteiger partial charge in [0.05, 0.1) is 0 Å². The summed E-state index contributed by atoms with van der Waals surface area (Å²) in [5.41, 5.74) is 2.88. The first-order chi connectivity index (χ1) is 9.35. The number of hydrogen-bond donors (Lipinski definition) is 1. The molecule has 2 nitrogen and oxygen atoms in total. The van der Waals surface area contributed by atoms with E-state index in [1.54, 1.807) is 0 Å². The molecular formula is C17H28N2. The van der Waals surface area contributed by atoms with Crippen LogP contribution in [0.3, 0.4) is 0 Å². The molecule has 1 aliphatic carbocycles. The van der Waals surface area contributed by atoms with Gasteiger partial charge in [-0.3, -0.25) is 4.98 Å². The lowest BCUT2D eigenvalue weighted by Gasteiger charge is -2.26. The molecular weight excluding hydrogens is 232 g/mol. The minimum absolute atomic E-state index is 0.697. The van der Waals surface area contributed by atoms with Gasteiger partial charge in [0.2, 0.25) is 0 Å². The number of aryl methyl sites for hydroxylation is 1. The molecule has 1 aromatic rings. The van der Waals surface area contributed by atoms with Crippen LogP contribution in [0.25, 0.3) is 0 Å². The third-order valence-electron chi connectivity index (χ3n) is 4.31. The first kappa shape index (κ1) is 14.5. The summed E-state index contributed by atoms with van der Waals surface area (Å²) in [5, 5.41) is 3.63. The molecule has 0 radical (unpaired) electrons. The van der Waals surface area contributed by atoms with Gasteiger partial charge in [-0.1, -0.05) is 26.3 Å². The van der Waals surface area contributed by atoms with E-state index in [0.717, 1.165) is 6.54 Å². The Balaban J connectivity index is 1.92. The number of pyridine rings is 1. The number of nitrogens with zero attached hydrogens (tertiary/aromatic N) is 1. The Labute approximate surface area is 118 Å². The summed E-state index contributed by atoms with van der Waals surface area (Å²) in [6.45, 7) is 5.58. The second-order valence-electron chi connectivity index (χ2n) is 5.76. The molecule has 2 atom stereocenters. The van der Waals surface area contributed by atoms with Crippen molar-refractivity contribution in [3.63, 3.8) is 0 Å². The molecule has 0 saturated heterocycles. The highest BCUT2D eigenvalue weighted by Gasteiger charge is 2.21. The summed E-state index contributed by atoms with van der Waals surface area (Å²) in [5.74, 6) is 0.697. The van der Waals surface area contributed by atoms with Crippen molar-refractivity contribution in [2.45, 2.75) is 70.8 Å². The van der Waals surface area contributed by atoms with Gasteiger partial charge in [0.25, 0.3) is 0 Å². The van der Waals surface area contributed by atoms with Crippen LogP contribution in [-0.2, 0) is 6.42 Å². The maximum atomic E-state index is 4.65. The molecule has 0 aromatic carbocycles. The number of rotatable bonds is 7. The lowest BCUT2D eigenvalue weighted by molar-refractivity contribution is 0.405. The van der Waals surface area contributed by atoms with Crippen molar-refractivity contribution in [1.82, 2.24) is 10.3 Å². The van der Waals surface area contributed by atoms with Gasteiger partial charge in [0.1, 0.15) is 0 Å². The van der Waals surface area contributed by atoms with E-state index >= 15 is 0 Å². The highest BCUT2D eigenvalue weighted by atomic mass is 14.9. The first-order valence-corrected chi connectivity index (χ1v) is 8.02. The van der Waals surface area contributed by atoms with Gasteiger partial charge in [-0.05, 0) is 56.7 Å². The number of hydrogen-bond acceptors (Lipinski definition) is 2. The van der Waals surface area contributed by atoms with Crippen molar-refractivity contribution < 1.29 is 0 Å². The van der Waals surface area contributed by atoms with Crippen LogP contribution in [0.1, 0.15) is 69.5 Å². The monoisotopic (exact) mass is 260 g/mol. The molecule has 1 aliphatic rings. The number of fused-ring (bicyclic) bond motifs is 1. The van der Waals surface area contributed by atoms with Crippen molar-refractivity contribution >= 4 is 0 Å². The van der Waals surface area contributed by atoms with Crippen LogP contribution in [0.2, 0.25) is 0 Å². The Bertz CT molecular complexity index is 369. The largest absolute Gasteiger partial charge is 0.314 e. The summed E-state index contributed by atoms with van der Waals surface area (Å²) >= 11 is 0. The molecule has 19 heavy (non-hydrogen) atoms. The van der Waals surface area contributed by atoms with E-state index in [4.69, 9.17) is 0 Å². The normalized spacial score (nSPS) is 20.0. The molecule has 1 heterocycles. The van der Waals surface area contributed by atoms with Gasteiger partial charge >= 0.3 is 0 Å².